The van der Waals surface area contributed by atoms with Gasteiger partial charge in [-0.3, -0.25) is 4.79 Å². The Labute approximate surface area is 150 Å². The van der Waals surface area contributed by atoms with Crippen LogP contribution in [0.5, 0.6) is 5.75 Å². The molecule has 0 bridgehead atoms. The summed E-state index contributed by atoms with van der Waals surface area (Å²) in [6, 6.07) is 8.99. The lowest BCUT2D eigenvalue weighted by Gasteiger charge is -2.13. The zero-order chi connectivity index (χ0) is 17.0. The summed E-state index contributed by atoms with van der Waals surface area (Å²) in [4.78, 5) is 11.6. The average Bonchev–Trinajstić information content (AvgIpc) is 2.53. The zero-order valence-corrected chi connectivity index (χ0v) is 15.0. The second-order valence-electron chi connectivity index (χ2n) is 4.82. The molecule has 23 heavy (non-hydrogen) atoms. The van der Waals surface area contributed by atoms with Crippen molar-refractivity contribution in [3.05, 3.63) is 51.0 Å². The van der Waals surface area contributed by atoms with Gasteiger partial charge in [-0.05, 0) is 36.2 Å². The van der Waals surface area contributed by atoms with Crippen LogP contribution in [0.15, 0.2) is 30.3 Å². The second kappa shape index (κ2) is 7.91. The molecule has 2 aromatic rings. The minimum Gasteiger partial charge on any atom is -0.492 e. The van der Waals surface area contributed by atoms with Gasteiger partial charge < -0.3 is 10.1 Å². The number of ether oxygens (including phenoxy) is 1. The van der Waals surface area contributed by atoms with Gasteiger partial charge in [0.05, 0.1) is 23.1 Å². The molecule has 0 saturated heterocycles. The van der Waals surface area contributed by atoms with Crippen LogP contribution in [0.1, 0.15) is 12.5 Å². The molecule has 1 amide bonds. The normalized spacial score (nSPS) is 10.5. The van der Waals surface area contributed by atoms with E-state index >= 15 is 0 Å². The van der Waals surface area contributed by atoms with E-state index in [1.54, 1.807) is 25.2 Å². The Bertz CT molecular complexity index is 732. The molecule has 0 aliphatic heterocycles. The van der Waals surface area contributed by atoms with Gasteiger partial charge in [0, 0.05) is 17.6 Å². The van der Waals surface area contributed by atoms with E-state index in [-0.39, 0.29) is 12.3 Å². The molecule has 0 spiro atoms. The van der Waals surface area contributed by atoms with Crippen LogP contribution in [0.4, 0.5) is 0 Å². The lowest BCUT2D eigenvalue weighted by atomic mass is 10.0. The monoisotopic (exact) mass is 371 g/mol. The van der Waals surface area contributed by atoms with Gasteiger partial charge in [-0.25, -0.2) is 0 Å². The van der Waals surface area contributed by atoms with Crippen molar-refractivity contribution < 1.29 is 9.53 Å². The van der Waals surface area contributed by atoms with Crippen molar-refractivity contribution in [3.8, 4) is 16.9 Å². The maximum Gasteiger partial charge on any atom is 0.224 e. The van der Waals surface area contributed by atoms with Gasteiger partial charge in [0.15, 0.2) is 0 Å². The number of likely N-dealkylation sites (N-methyl/N-ethyl adjacent to an activating group) is 1. The quantitative estimate of drug-likeness (QED) is 0.802. The minimum atomic E-state index is -0.157. The Morgan fingerprint density at radius 1 is 1.13 bits per heavy atom. The fourth-order valence-electron chi connectivity index (χ4n) is 2.17. The number of benzene rings is 2. The van der Waals surface area contributed by atoms with Crippen LogP contribution >= 0.6 is 34.8 Å². The Hall–Kier alpha value is -1.42. The van der Waals surface area contributed by atoms with E-state index in [4.69, 9.17) is 39.5 Å². The summed E-state index contributed by atoms with van der Waals surface area (Å²) in [5.41, 5.74) is 2.19. The Morgan fingerprint density at radius 3 is 2.48 bits per heavy atom. The van der Waals surface area contributed by atoms with Crippen molar-refractivity contribution in [2.45, 2.75) is 13.3 Å². The van der Waals surface area contributed by atoms with E-state index in [2.05, 4.69) is 5.32 Å². The summed E-state index contributed by atoms with van der Waals surface area (Å²) in [5.74, 6) is 0.462. The van der Waals surface area contributed by atoms with Gasteiger partial charge in [-0.1, -0.05) is 46.9 Å². The fourth-order valence-corrected chi connectivity index (χ4v) is 3.02. The van der Waals surface area contributed by atoms with Crippen LogP contribution in [0, 0.1) is 0 Å². The van der Waals surface area contributed by atoms with E-state index in [0.29, 0.717) is 33.0 Å². The molecule has 0 aliphatic rings. The first-order chi connectivity index (χ1) is 11.0. The van der Waals surface area contributed by atoms with E-state index in [9.17, 15) is 4.79 Å². The maximum absolute atomic E-state index is 11.6. The number of carbonyl (C=O) groups excluding carboxylic acids is 1. The lowest BCUT2D eigenvalue weighted by molar-refractivity contribution is -0.119. The molecule has 0 atom stereocenters. The molecule has 0 aromatic heterocycles. The molecule has 122 valence electrons. The summed E-state index contributed by atoms with van der Waals surface area (Å²) in [7, 11) is 1.57. The molecule has 2 rings (SSSR count). The van der Waals surface area contributed by atoms with Crippen LogP contribution in [-0.4, -0.2) is 19.6 Å². The SMILES string of the molecule is CCOc1ccc(-c2ccc(Cl)c(CC(=O)NC)c2Cl)cc1Cl. The Morgan fingerprint density at radius 2 is 1.87 bits per heavy atom. The van der Waals surface area contributed by atoms with Crippen LogP contribution in [-0.2, 0) is 11.2 Å². The number of hydrogen-bond acceptors (Lipinski definition) is 2. The van der Waals surface area contributed by atoms with Crippen molar-refractivity contribution >= 4 is 40.7 Å². The highest BCUT2D eigenvalue weighted by atomic mass is 35.5. The smallest absolute Gasteiger partial charge is 0.224 e. The number of rotatable bonds is 5. The molecule has 0 unspecified atom stereocenters. The van der Waals surface area contributed by atoms with E-state index in [1.807, 2.05) is 19.1 Å². The molecule has 3 nitrogen and oxygen atoms in total. The summed E-state index contributed by atoms with van der Waals surface area (Å²) in [6.07, 6.45) is 0.118. The maximum atomic E-state index is 11.6. The van der Waals surface area contributed by atoms with Gasteiger partial charge in [-0.15, -0.1) is 0 Å². The zero-order valence-electron chi connectivity index (χ0n) is 12.8. The highest BCUT2D eigenvalue weighted by Gasteiger charge is 2.15. The van der Waals surface area contributed by atoms with Crippen LogP contribution in [0.3, 0.4) is 0 Å². The molecule has 0 heterocycles. The summed E-state index contributed by atoms with van der Waals surface area (Å²) >= 11 is 18.9. The highest BCUT2D eigenvalue weighted by Crippen LogP contribution is 2.37. The molecule has 1 N–H and O–H groups in total. The number of halogens is 3. The predicted octanol–water partition coefficient (Wildman–Crippen LogP) is 5.00. The first-order valence-electron chi connectivity index (χ1n) is 7.08. The van der Waals surface area contributed by atoms with Gasteiger partial charge >= 0.3 is 0 Å². The molecular formula is C17H16Cl3NO2. The van der Waals surface area contributed by atoms with Crippen molar-refractivity contribution in [2.75, 3.05) is 13.7 Å². The first-order valence-corrected chi connectivity index (χ1v) is 8.21. The first kappa shape index (κ1) is 17.9. The molecule has 2 aromatic carbocycles. The predicted molar refractivity (Wildman–Crippen MR) is 95.8 cm³/mol. The lowest BCUT2D eigenvalue weighted by Crippen LogP contribution is -2.20. The molecule has 0 radical (unpaired) electrons. The topological polar surface area (TPSA) is 38.3 Å². The molecular weight excluding hydrogens is 357 g/mol. The van der Waals surface area contributed by atoms with E-state index < -0.39 is 0 Å². The second-order valence-corrected chi connectivity index (χ2v) is 6.01. The Kier molecular flexibility index (Phi) is 6.17. The van der Waals surface area contributed by atoms with Crippen molar-refractivity contribution in [1.82, 2.24) is 5.32 Å². The van der Waals surface area contributed by atoms with Gasteiger partial charge in [0.1, 0.15) is 5.75 Å². The Balaban J connectivity index is 2.46. The minimum absolute atomic E-state index is 0.118. The highest BCUT2D eigenvalue weighted by molar-refractivity contribution is 6.38. The van der Waals surface area contributed by atoms with Gasteiger partial charge in [0.25, 0.3) is 0 Å². The van der Waals surface area contributed by atoms with Gasteiger partial charge in [0.2, 0.25) is 5.91 Å². The molecule has 0 fully saturated rings. The summed E-state index contributed by atoms with van der Waals surface area (Å²) in [6.45, 7) is 2.43. The number of hydrogen-bond donors (Lipinski definition) is 1. The fraction of sp³-hybridized carbons (Fsp3) is 0.235. The van der Waals surface area contributed by atoms with E-state index in [1.165, 1.54) is 0 Å². The summed E-state index contributed by atoms with van der Waals surface area (Å²) in [5, 5.41) is 3.97. The third-order valence-electron chi connectivity index (χ3n) is 3.34. The average molecular weight is 373 g/mol. The van der Waals surface area contributed by atoms with Crippen LogP contribution in [0.25, 0.3) is 11.1 Å². The van der Waals surface area contributed by atoms with Gasteiger partial charge in [-0.2, -0.15) is 0 Å². The number of carbonyl (C=O) groups is 1. The standard InChI is InChI=1S/C17H16Cl3NO2/c1-3-23-15-7-4-10(8-14(15)19)11-5-6-13(18)12(17(11)20)9-16(22)21-2/h4-8H,3,9H2,1-2H3,(H,21,22). The molecule has 0 aliphatic carbocycles. The largest absolute Gasteiger partial charge is 0.492 e. The third-order valence-corrected chi connectivity index (χ3v) is 4.43. The molecule has 6 heteroatoms. The third kappa shape index (κ3) is 4.11. The molecule has 0 saturated carbocycles. The van der Waals surface area contributed by atoms with Crippen LogP contribution in [0.2, 0.25) is 15.1 Å². The summed E-state index contributed by atoms with van der Waals surface area (Å²) < 4.78 is 5.43. The number of amides is 1. The van der Waals surface area contributed by atoms with Crippen LogP contribution < -0.4 is 10.1 Å². The van der Waals surface area contributed by atoms with E-state index in [0.717, 1.165) is 11.1 Å². The van der Waals surface area contributed by atoms with Crippen molar-refractivity contribution in [3.63, 3.8) is 0 Å². The van der Waals surface area contributed by atoms with Crippen molar-refractivity contribution in [2.24, 2.45) is 0 Å². The number of nitrogens with one attached hydrogen (secondary N) is 1. The van der Waals surface area contributed by atoms with Crippen molar-refractivity contribution in [1.29, 1.82) is 0 Å².